The van der Waals surface area contributed by atoms with Crippen LogP contribution in [-0.4, -0.2) is 23.5 Å². The molecular formula is C8H7N3O6S. The number of amides is 2. The summed E-state index contributed by atoms with van der Waals surface area (Å²) in [6.07, 6.45) is -1.38. The molecule has 96 valence electrons. The second kappa shape index (κ2) is 5.82. The normalized spacial score (nSPS) is 11.6. The minimum Gasteiger partial charge on any atom is -0.445 e. The van der Waals surface area contributed by atoms with Gasteiger partial charge in [0.25, 0.3) is 0 Å². The number of carbonyl (C=O) groups excluding carboxylic acids is 2. The molecule has 9 nitrogen and oxygen atoms in total. The Morgan fingerprint density at radius 1 is 1.56 bits per heavy atom. The minimum absolute atomic E-state index is 0.170. The topological polar surface area (TPSA) is 142 Å². The van der Waals surface area contributed by atoms with Gasteiger partial charge in [0, 0.05) is 10.9 Å². The number of nitrogens with two attached hydrogens (primary N) is 1. The number of carbonyl (C=O) groups is 2. The largest absolute Gasteiger partial charge is 0.470 e. The summed E-state index contributed by atoms with van der Waals surface area (Å²) in [5.41, 5.74) is 5.08. The zero-order valence-electron chi connectivity index (χ0n) is 8.77. The number of nitrogens with zero attached hydrogens (tertiary/aromatic N) is 2. The Hall–Kier alpha value is -2.36. The van der Waals surface area contributed by atoms with E-state index < -0.39 is 29.4 Å². The lowest BCUT2D eigenvalue weighted by Crippen LogP contribution is -2.25. The third-order valence-corrected chi connectivity index (χ3v) is 3.08. The van der Waals surface area contributed by atoms with E-state index >= 15 is 0 Å². The number of hydrogen-bond donors (Lipinski definition) is 1. The van der Waals surface area contributed by atoms with Crippen molar-refractivity contribution in [2.75, 3.05) is 6.61 Å². The van der Waals surface area contributed by atoms with Gasteiger partial charge in [-0.3, -0.25) is 14.9 Å². The number of rotatable bonds is 5. The van der Waals surface area contributed by atoms with Crippen LogP contribution in [0.4, 0.5) is 9.80 Å². The van der Waals surface area contributed by atoms with Crippen molar-refractivity contribution >= 4 is 28.3 Å². The lowest BCUT2D eigenvalue weighted by molar-refractivity contribution is -0.380. The van der Waals surface area contributed by atoms with Gasteiger partial charge in [0.2, 0.25) is 5.91 Å². The van der Waals surface area contributed by atoms with Gasteiger partial charge in [-0.1, -0.05) is 11.3 Å². The first-order chi connectivity index (χ1) is 8.45. The van der Waals surface area contributed by atoms with E-state index in [0.717, 1.165) is 11.3 Å². The SMILES string of the molecule is NC(=O)C(COC(=O)N=O)c1ccc([N+](=O)[O-])s1. The van der Waals surface area contributed by atoms with Crippen LogP contribution >= 0.6 is 11.3 Å². The predicted octanol–water partition coefficient (Wildman–Crippen LogP) is 1.13. The van der Waals surface area contributed by atoms with E-state index in [9.17, 15) is 24.6 Å². The van der Waals surface area contributed by atoms with Gasteiger partial charge in [-0.2, -0.15) is 0 Å². The summed E-state index contributed by atoms with van der Waals surface area (Å²) >= 11 is 0.737. The van der Waals surface area contributed by atoms with Gasteiger partial charge in [-0.05, 0) is 6.07 Å². The van der Waals surface area contributed by atoms with Crippen LogP contribution in [0.2, 0.25) is 0 Å². The van der Waals surface area contributed by atoms with E-state index in [0.29, 0.717) is 0 Å². The molecule has 18 heavy (non-hydrogen) atoms. The van der Waals surface area contributed by atoms with Crippen LogP contribution < -0.4 is 5.73 Å². The highest BCUT2D eigenvalue weighted by atomic mass is 32.1. The van der Waals surface area contributed by atoms with E-state index in [-0.39, 0.29) is 9.88 Å². The molecule has 0 bridgehead atoms. The smallest absolute Gasteiger partial charge is 0.445 e. The van der Waals surface area contributed by atoms with Crippen molar-refractivity contribution in [3.63, 3.8) is 0 Å². The molecule has 10 heteroatoms. The molecule has 0 saturated carbocycles. The van der Waals surface area contributed by atoms with Crippen LogP contribution in [0.25, 0.3) is 0 Å². The Kier molecular flexibility index (Phi) is 4.43. The first kappa shape index (κ1) is 13.7. The highest BCUT2D eigenvalue weighted by Gasteiger charge is 2.24. The van der Waals surface area contributed by atoms with Crippen molar-refractivity contribution in [1.82, 2.24) is 0 Å². The summed E-state index contributed by atoms with van der Waals surface area (Å²) in [5.74, 6) is -1.88. The quantitative estimate of drug-likeness (QED) is 0.484. The van der Waals surface area contributed by atoms with Gasteiger partial charge < -0.3 is 10.5 Å². The summed E-state index contributed by atoms with van der Waals surface area (Å²) in [4.78, 5) is 41.6. The summed E-state index contributed by atoms with van der Waals surface area (Å²) < 4.78 is 4.36. The van der Waals surface area contributed by atoms with Gasteiger partial charge in [0.1, 0.15) is 12.5 Å². The van der Waals surface area contributed by atoms with Gasteiger partial charge in [-0.15, -0.1) is 4.91 Å². The van der Waals surface area contributed by atoms with Crippen molar-refractivity contribution in [2.45, 2.75) is 5.92 Å². The first-order valence-electron chi connectivity index (χ1n) is 4.49. The molecule has 1 heterocycles. The fraction of sp³-hybridized carbons (Fsp3) is 0.250. The maximum absolute atomic E-state index is 11.1. The first-order valence-corrected chi connectivity index (χ1v) is 5.31. The molecule has 1 rings (SSSR count). The Morgan fingerprint density at radius 3 is 2.67 bits per heavy atom. The van der Waals surface area contributed by atoms with E-state index in [1.807, 2.05) is 5.18 Å². The Labute approximate surface area is 104 Å². The van der Waals surface area contributed by atoms with Gasteiger partial charge in [0.15, 0.2) is 0 Å². The Morgan fingerprint density at radius 2 is 2.22 bits per heavy atom. The standard InChI is InChI=1S/C8H7N3O6S/c9-7(12)4(3-17-8(13)10-14)5-1-2-6(18-5)11(15)16/h1-2,4H,3H2,(H2,9,12). The van der Waals surface area contributed by atoms with Crippen LogP contribution in [0.3, 0.4) is 0 Å². The van der Waals surface area contributed by atoms with Gasteiger partial charge in [0.05, 0.1) is 10.1 Å². The number of ether oxygens (including phenoxy) is 1. The molecule has 1 aromatic rings. The van der Waals surface area contributed by atoms with E-state index in [1.165, 1.54) is 12.1 Å². The molecule has 0 spiro atoms. The average Bonchev–Trinajstić information content (AvgIpc) is 2.78. The molecule has 0 aliphatic rings. The van der Waals surface area contributed by atoms with Gasteiger partial charge in [-0.25, -0.2) is 4.79 Å². The van der Waals surface area contributed by atoms with E-state index in [4.69, 9.17) is 5.73 Å². The molecular weight excluding hydrogens is 266 g/mol. The Balaban J connectivity index is 2.83. The molecule has 0 aliphatic carbocycles. The third kappa shape index (κ3) is 3.31. The molecule has 1 unspecified atom stereocenters. The molecule has 2 amide bonds. The van der Waals surface area contributed by atoms with Gasteiger partial charge >= 0.3 is 11.1 Å². The number of nitroso groups, excluding NO2 is 1. The zero-order valence-corrected chi connectivity index (χ0v) is 9.59. The molecule has 0 radical (unpaired) electrons. The van der Waals surface area contributed by atoms with Crippen molar-refractivity contribution < 1.29 is 19.2 Å². The summed E-state index contributed by atoms with van der Waals surface area (Å²) in [7, 11) is 0. The van der Waals surface area contributed by atoms with Crippen molar-refractivity contribution in [2.24, 2.45) is 10.9 Å². The molecule has 2 N–H and O–H groups in total. The monoisotopic (exact) mass is 273 g/mol. The highest BCUT2D eigenvalue weighted by Crippen LogP contribution is 2.30. The number of primary amides is 1. The number of thiophene rings is 1. The molecule has 0 aliphatic heterocycles. The molecule has 0 saturated heterocycles. The number of nitro groups is 1. The van der Waals surface area contributed by atoms with E-state index in [1.54, 1.807) is 0 Å². The summed E-state index contributed by atoms with van der Waals surface area (Å²) in [5, 5.41) is 12.3. The zero-order chi connectivity index (χ0) is 13.7. The highest BCUT2D eigenvalue weighted by molar-refractivity contribution is 7.15. The van der Waals surface area contributed by atoms with Crippen molar-refractivity contribution in [3.8, 4) is 0 Å². The summed E-state index contributed by atoms with van der Waals surface area (Å²) in [6, 6.07) is 2.54. The fourth-order valence-electron chi connectivity index (χ4n) is 1.11. The van der Waals surface area contributed by atoms with Crippen LogP contribution in [0, 0.1) is 15.0 Å². The lowest BCUT2D eigenvalue weighted by Gasteiger charge is -2.09. The molecule has 1 atom stereocenters. The fourth-order valence-corrected chi connectivity index (χ4v) is 2.03. The van der Waals surface area contributed by atoms with Crippen LogP contribution in [0.1, 0.15) is 10.8 Å². The maximum atomic E-state index is 11.1. The van der Waals surface area contributed by atoms with Crippen molar-refractivity contribution in [3.05, 3.63) is 32.0 Å². The van der Waals surface area contributed by atoms with Crippen LogP contribution in [-0.2, 0) is 9.53 Å². The number of hydrogen-bond acceptors (Lipinski definition) is 7. The third-order valence-electron chi connectivity index (χ3n) is 1.93. The minimum atomic E-state index is -1.38. The predicted molar refractivity (Wildman–Crippen MR) is 60.1 cm³/mol. The second-order valence-corrected chi connectivity index (χ2v) is 4.15. The average molecular weight is 273 g/mol. The van der Waals surface area contributed by atoms with Crippen molar-refractivity contribution in [1.29, 1.82) is 0 Å². The molecule has 1 aromatic heterocycles. The Bertz CT molecular complexity index is 499. The molecule has 0 fully saturated rings. The second-order valence-electron chi connectivity index (χ2n) is 3.06. The van der Waals surface area contributed by atoms with E-state index in [2.05, 4.69) is 4.74 Å². The van der Waals surface area contributed by atoms with Crippen LogP contribution in [0.15, 0.2) is 17.3 Å². The summed E-state index contributed by atoms with van der Waals surface area (Å²) in [6.45, 7) is -0.489. The lowest BCUT2D eigenvalue weighted by atomic mass is 10.1. The molecule has 0 aromatic carbocycles. The van der Waals surface area contributed by atoms with Crippen LogP contribution in [0.5, 0.6) is 0 Å². The maximum Gasteiger partial charge on any atom is 0.470 e.